The smallest absolute Gasteiger partial charge is 0.236 e. The third-order valence-corrected chi connectivity index (χ3v) is 4.21. The fourth-order valence-corrected chi connectivity index (χ4v) is 3.01. The van der Waals surface area contributed by atoms with Crippen molar-refractivity contribution in [3.8, 4) is 0 Å². The first-order chi connectivity index (χ1) is 8.01. The Morgan fingerprint density at radius 3 is 2.35 bits per heavy atom. The molecule has 0 saturated carbocycles. The Labute approximate surface area is 101 Å². The third kappa shape index (κ3) is 3.67. The van der Waals surface area contributed by atoms with Gasteiger partial charge in [0.2, 0.25) is 10.0 Å². The van der Waals surface area contributed by atoms with Gasteiger partial charge >= 0.3 is 0 Å². The van der Waals surface area contributed by atoms with Gasteiger partial charge in [-0.1, -0.05) is 0 Å². The van der Waals surface area contributed by atoms with E-state index >= 15 is 0 Å². The summed E-state index contributed by atoms with van der Waals surface area (Å²) in [4.78, 5) is 0. The number of halogens is 1. The summed E-state index contributed by atoms with van der Waals surface area (Å²) >= 11 is 0. The zero-order valence-corrected chi connectivity index (χ0v) is 10.8. The molecule has 0 saturated heterocycles. The predicted molar refractivity (Wildman–Crippen MR) is 67.1 cm³/mol. The fraction of sp³-hybridized carbons (Fsp3) is 0.455. The van der Waals surface area contributed by atoms with Crippen LogP contribution >= 0.6 is 0 Å². The van der Waals surface area contributed by atoms with E-state index in [4.69, 9.17) is 0 Å². The number of nitrogens with zero attached hydrogens (tertiary/aromatic N) is 1. The van der Waals surface area contributed by atoms with Gasteiger partial charge in [0, 0.05) is 13.1 Å². The second kappa shape index (κ2) is 5.97. The molecule has 0 amide bonds. The summed E-state index contributed by atoms with van der Waals surface area (Å²) in [5, 5.41) is 2.80. The number of rotatable bonds is 6. The minimum Gasteiger partial charge on any atom is -0.319 e. The normalized spacial score (nSPS) is 11.5. The average Bonchev–Trinajstić information content (AvgIpc) is 2.30. The first-order valence-corrected chi connectivity index (χ1v) is 7.02. The van der Waals surface area contributed by atoms with Crippen molar-refractivity contribution in [3.63, 3.8) is 0 Å². The van der Waals surface area contributed by atoms with Crippen LogP contribution in [0.3, 0.4) is 0 Å². The SMILES string of the molecule is CCN(c1ccc(F)cc1)S(=O)(=O)CCNC. The summed E-state index contributed by atoms with van der Waals surface area (Å²) in [7, 11) is -1.65. The van der Waals surface area contributed by atoms with Gasteiger partial charge in [-0.2, -0.15) is 0 Å². The molecule has 0 heterocycles. The molecule has 1 rings (SSSR count). The van der Waals surface area contributed by atoms with Gasteiger partial charge in [-0.15, -0.1) is 0 Å². The number of hydrogen-bond acceptors (Lipinski definition) is 3. The van der Waals surface area contributed by atoms with Gasteiger partial charge in [0.25, 0.3) is 0 Å². The molecule has 0 unspecified atom stereocenters. The van der Waals surface area contributed by atoms with Crippen molar-refractivity contribution in [2.75, 3.05) is 30.2 Å². The van der Waals surface area contributed by atoms with Gasteiger partial charge in [0.05, 0.1) is 11.4 Å². The average molecular weight is 260 g/mol. The Balaban J connectivity index is 2.95. The van der Waals surface area contributed by atoms with Gasteiger partial charge in [-0.05, 0) is 38.2 Å². The standard InChI is InChI=1S/C11H17FN2O2S/c1-3-14(17(15,16)9-8-13-2)11-6-4-10(12)5-7-11/h4-7,13H,3,8-9H2,1-2H3. The maximum atomic E-state index is 12.8. The highest BCUT2D eigenvalue weighted by Gasteiger charge is 2.20. The van der Waals surface area contributed by atoms with Crippen LogP contribution in [-0.4, -0.2) is 34.3 Å². The lowest BCUT2D eigenvalue weighted by molar-refractivity contribution is 0.589. The Morgan fingerprint density at radius 1 is 1.29 bits per heavy atom. The molecular formula is C11H17FN2O2S. The molecular weight excluding hydrogens is 243 g/mol. The molecule has 6 heteroatoms. The fourth-order valence-electron chi connectivity index (χ4n) is 1.49. The molecule has 1 aromatic carbocycles. The van der Waals surface area contributed by atoms with E-state index in [0.717, 1.165) is 0 Å². The van der Waals surface area contributed by atoms with E-state index in [-0.39, 0.29) is 11.6 Å². The first kappa shape index (κ1) is 13.9. The highest BCUT2D eigenvalue weighted by molar-refractivity contribution is 7.92. The maximum absolute atomic E-state index is 12.8. The van der Waals surface area contributed by atoms with Crippen LogP contribution in [0.5, 0.6) is 0 Å². The number of sulfonamides is 1. The monoisotopic (exact) mass is 260 g/mol. The lowest BCUT2D eigenvalue weighted by Gasteiger charge is -2.22. The van der Waals surface area contributed by atoms with Crippen LogP contribution in [0.1, 0.15) is 6.92 Å². The molecule has 1 N–H and O–H groups in total. The van der Waals surface area contributed by atoms with Gasteiger partial charge in [-0.25, -0.2) is 12.8 Å². The number of benzene rings is 1. The van der Waals surface area contributed by atoms with Crippen LogP contribution < -0.4 is 9.62 Å². The Morgan fingerprint density at radius 2 is 1.88 bits per heavy atom. The van der Waals surface area contributed by atoms with Crippen molar-refractivity contribution in [1.29, 1.82) is 0 Å². The van der Waals surface area contributed by atoms with E-state index in [2.05, 4.69) is 5.32 Å². The van der Waals surface area contributed by atoms with Gasteiger partial charge in [0.1, 0.15) is 5.82 Å². The van der Waals surface area contributed by atoms with Crippen LogP contribution in [0.25, 0.3) is 0 Å². The van der Waals surface area contributed by atoms with Crippen LogP contribution in [-0.2, 0) is 10.0 Å². The molecule has 0 fully saturated rings. The van der Waals surface area contributed by atoms with Crippen LogP contribution in [0.15, 0.2) is 24.3 Å². The zero-order chi connectivity index (χ0) is 12.9. The van der Waals surface area contributed by atoms with Gasteiger partial charge in [-0.3, -0.25) is 4.31 Å². The second-order valence-electron chi connectivity index (χ2n) is 3.56. The van der Waals surface area contributed by atoms with Crippen molar-refractivity contribution in [3.05, 3.63) is 30.1 Å². The molecule has 0 atom stereocenters. The van der Waals surface area contributed by atoms with Crippen LogP contribution in [0.4, 0.5) is 10.1 Å². The van der Waals surface area contributed by atoms with Gasteiger partial charge < -0.3 is 5.32 Å². The van der Waals surface area contributed by atoms with Crippen LogP contribution in [0.2, 0.25) is 0 Å². The molecule has 4 nitrogen and oxygen atoms in total. The summed E-state index contributed by atoms with van der Waals surface area (Å²) in [6.07, 6.45) is 0. The summed E-state index contributed by atoms with van der Waals surface area (Å²) in [5.74, 6) is -0.355. The number of hydrogen-bond donors (Lipinski definition) is 1. The molecule has 0 aliphatic rings. The van der Waals surface area contributed by atoms with Crippen LogP contribution in [0, 0.1) is 5.82 Å². The zero-order valence-electron chi connectivity index (χ0n) is 9.98. The van der Waals surface area contributed by atoms with Crippen molar-refractivity contribution in [2.45, 2.75) is 6.92 Å². The summed E-state index contributed by atoms with van der Waals surface area (Å²) in [6.45, 7) is 2.47. The number of nitrogens with one attached hydrogen (secondary N) is 1. The van der Waals surface area contributed by atoms with E-state index in [1.807, 2.05) is 0 Å². The lowest BCUT2D eigenvalue weighted by Crippen LogP contribution is -2.35. The third-order valence-electron chi connectivity index (χ3n) is 2.35. The molecule has 0 bridgehead atoms. The molecule has 0 aromatic heterocycles. The molecule has 17 heavy (non-hydrogen) atoms. The van der Waals surface area contributed by atoms with E-state index in [0.29, 0.717) is 18.8 Å². The molecule has 0 radical (unpaired) electrons. The van der Waals surface area contributed by atoms with Crippen molar-refractivity contribution in [1.82, 2.24) is 5.32 Å². The summed E-state index contributed by atoms with van der Waals surface area (Å²) < 4.78 is 38.1. The topological polar surface area (TPSA) is 49.4 Å². The van der Waals surface area contributed by atoms with E-state index in [9.17, 15) is 12.8 Å². The highest BCUT2D eigenvalue weighted by Crippen LogP contribution is 2.18. The molecule has 0 aliphatic carbocycles. The molecule has 0 spiro atoms. The number of anilines is 1. The first-order valence-electron chi connectivity index (χ1n) is 5.42. The molecule has 1 aromatic rings. The lowest BCUT2D eigenvalue weighted by atomic mass is 10.3. The highest BCUT2D eigenvalue weighted by atomic mass is 32.2. The van der Waals surface area contributed by atoms with Gasteiger partial charge in [0.15, 0.2) is 0 Å². The largest absolute Gasteiger partial charge is 0.319 e. The van der Waals surface area contributed by atoms with Crippen molar-refractivity contribution < 1.29 is 12.8 Å². The maximum Gasteiger partial charge on any atom is 0.236 e. The van der Waals surface area contributed by atoms with E-state index in [1.54, 1.807) is 14.0 Å². The minimum atomic E-state index is -3.35. The molecule has 0 aliphatic heterocycles. The van der Waals surface area contributed by atoms with E-state index in [1.165, 1.54) is 28.6 Å². The quantitative estimate of drug-likeness (QED) is 0.836. The Kier molecular flexibility index (Phi) is 4.89. The summed E-state index contributed by atoms with van der Waals surface area (Å²) in [5.41, 5.74) is 0.491. The van der Waals surface area contributed by atoms with Crippen molar-refractivity contribution >= 4 is 15.7 Å². The van der Waals surface area contributed by atoms with Crippen molar-refractivity contribution in [2.24, 2.45) is 0 Å². The molecule has 96 valence electrons. The Hall–Kier alpha value is -1.14. The minimum absolute atomic E-state index is 0.0225. The second-order valence-corrected chi connectivity index (χ2v) is 5.57. The summed E-state index contributed by atoms with van der Waals surface area (Å²) in [6, 6.07) is 5.45. The Bertz CT molecular complexity index is 445. The van der Waals surface area contributed by atoms with E-state index < -0.39 is 10.0 Å². The predicted octanol–water partition coefficient (Wildman–Crippen LogP) is 1.20.